The summed E-state index contributed by atoms with van der Waals surface area (Å²) < 4.78 is 5.16. The highest BCUT2D eigenvalue weighted by atomic mass is 16.5. The first kappa shape index (κ1) is 16.4. The van der Waals surface area contributed by atoms with Crippen molar-refractivity contribution in [1.82, 2.24) is 0 Å². The van der Waals surface area contributed by atoms with Gasteiger partial charge in [-0.2, -0.15) is 0 Å². The normalized spacial score (nSPS) is 17.1. The Morgan fingerprint density at radius 1 is 1.25 bits per heavy atom. The molecular weight excluding hydrogens is 252 g/mol. The fourth-order valence-electron chi connectivity index (χ4n) is 2.21. The number of unbranched alkanes of at least 4 members (excludes halogenated alkanes) is 1. The molecule has 0 heterocycles. The van der Waals surface area contributed by atoms with E-state index in [0.29, 0.717) is 35.1 Å². The van der Waals surface area contributed by atoms with Crippen LogP contribution in [0.15, 0.2) is 34.1 Å². The Morgan fingerprint density at radius 3 is 2.40 bits per heavy atom. The number of Topliss-reactive ketones (excluding diaryl/α,β-unsaturated/α-hetero) is 2. The summed E-state index contributed by atoms with van der Waals surface area (Å²) in [6.07, 6.45) is 4.55. The van der Waals surface area contributed by atoms with Crippen LogP contribution in [0.3, 0.4) is 0 Å². The van der Waals surface area contributed by atoms with Crippen LogP contribution in [0, 0.1) is 6.92 Å². The minimum atomic E-state index is -0.184. The van der Waals surface area contributed by atoms with Crippen molar-refractivity contribution in [3.8, 4) is 0 Å². The van der Waals surface area contributed by atoms with Crippen molar-refractivity contribution in [2.24, 2.45) is 0 Å². The third kappa shape index (κ3) is 3.47. The monoisotopic (exact) mass is 274 g/mol. The minimum Gasteiger partial charge on any atom is -0.492 e. The Kier molecular flexibility index (Phi) is 5.93. The van der Waals surface area contributed by atoms with Crippen molar-refractivity contribution in [1.29, 1.82) is 0 Å². The molecule has 0 fully saturated rings. The summed E-state index contributed by atoms with van der Waals surface area (Å²) in [5, 5.41) is 0. The molecule has 0 atom stereocenters. The number of carbonyl (C=O) groups excluding carboxylic acids is 2. The summed E-state index contributed by atoms with van der Waals surface area (Å²) in [5.41, 5.74) is 2.14. The van der Waals surface area contributed by atoms with Gasteiger partial charge in [-0.3, -0.25) is 9.59 Å². The van der Waals surface area contributed by atoms with Crippen molar-refractivity contribution >= 4 is 11.6 Å². The van der Waals surface area contributed by atoms with Crippen LogP contribution < -0.4 is 0 Å². The molecular formula is C17H22O3. The highest BCUT2D eigenvalue weighted by Crippen LogP contribution is 2.30. The summed E-state index contributed by atoms with van der Waals surface area (Å²) in [7, 11) is 1.44. The standard InChI is InChI=1S/C17H22O3/c1-6-7-8-14-16(19)13(10-9-11(2)3)12(4)15(18)17(14)20-5/h2,9H,6-8,10H2,1,3-5H3/b11-9-. The molecule has 0 spiro atoms. The quantitative estimate of drug-likeness (QED) is 0.695. The van der Waals surface area contributed by atoms with Gasteiger partial charge in [0.15, 0.2) is 11.5 Å². The summed E-state index contributed by atoms with van der Waals surface area (Å²) >= 11 is 0. The Hall–Kier alpha value is -1.64. The maximum absolute atomic E-state index is 12.6. The van der Waals surface area contributed by atoms with Crippen LogP contribution in [-0.2, 0) is 14.3 Å². The van der Waals surface area contributed by atoms with E-state index in [-0.39, 0.29) is 17.3 Å². The van der Waals surface area contributed by atoms with Gasteiger partial charge < -0.3 is 4.74 Å². The molecule has 3 nitrogen and oxygen atoms in total. The Morgan fingerprint density at radius 2 is 1.90 bits per heavy atom. The van der Waals surface area contributed by atoms with Crippen LogP contribution in [0.5, 0.6) is 0 Å². The van der Waals surface area contributed by atoms with E-state index in [1.54, 1.807) is 19.9 Å². The maximum atomic E-state index is 12.6. The average Bonchev–Trinajstić information content (AvgIpc) is 2.41. The fourth-order valence-corrected chi connectivity index (χ4v) is 2.21. The molecule has 3 heteroatoms. The van der Waals surface area contributed by atoms with Gasteiger partial charge in [0.1, 0.15) is 0 Å². The average molecular weight is 274 g/mol. The van der Waals surface area contributed by atoms with E-state index in [1.165, 1.54) is 7.11 Å². The second kappa shape index (κ2) is 7.22. The maximum Gasteiger partial charge on any atom is 0.224 e. The lowest BCUT2D eigenvalue weighted by molar-refractivity contribution is -0.119. The minimum absolute atomic E-state index is 0.0788. The van der Waals surface area contributed by atoms with Gasteiger partial charge in [0.05, 0.1) is 7.11 Å². The summed E-state index contributed by atoms with van der Waals surface area (Å²) in [6, 6.07) is 0. The molecule has 2 radical (unpaired) electrons. The van der Waals surface area contributed by atoms with Gasteiger partial charge in [-0.25, -0.2) is 0 Å². The lowest BCUT2D eigenvalue weighted by Crippen LogP contribution is -2.24. The number of carbonyl (C=O) groups is 2. The molecule has 20 heavy (non-hydrogen) atoms. The molecule has 1 rings (SSSR count). The lowest BCUT2D eigenvalue weighted by atomic mass is 9.85. The number of ketones is 2. The summed E-state index contributed by atoms with van der Waals surface area (Å²) in [5.74, 6) is -0.0562. The molecule has 1 aliphatic rings. The predicted molar refractivity (Wildman–Crippen MR) is 78.9 cm³/mol. The third-order valence-corrected chi connectivity index (χ3v) is 3.43. The van der Waals surface area contributed by atoms with Crippen LogP contribution in [-0.4, -0.2) is 18.7 Å². The van der Waals surface area contributed by atoms with Gasteiger partial charge in [0.25, 0.3) is 0 Å². The van der Waals surface area contributed by atoms with Crippen LogP contribution >= 0.6 is 0 Å². The van der Waals surface area contributed by atoms with E-state index in [4.69, 9.17) is 11.7 Å². The first-order valence-electron chi connectivity index (χ1n) is 6.92. The second-order valence-electron chi connectivity index (χ2n) is 5.03. The molecule has 0 N–H and O–H groups in total. The number of ether oxygens (including phenoxy) is 1. The zero-order chi connectivity index (χ0) is 15.3. The zero-order valence-corrected chi connectivity index (χ0v) is 12.7. The summed E-state index contributed by atoms with van der Waals surface area (Å²) in [6.45, 7) is 11.1. The highest BCUT2D eigenvalue weighted by molar-refractivity contribution is 6.24. The molecule has 0 unspecified atom stereocenters. The van der Waals surface area contributed by atoms with Gasteiger partial charge in [-0.15, -0.1) is 0 Å². The smallest absolute Gasteiger partial charge is 0.224 e. The second-order valence-corrected chi connectivity index (χ2v) is 5.03. The molecule has 0 aromatic carbocycles. The van der Waals surface area contributed by atoms with Crippen LogP contribution in [0.4, 0.5) is 0 Å². The van der Waals surface area contributed by atoms with Gasteiger partial charge in [0, 0.05) is 16.7 Å². The van der Waals surface area contributed by atoms with Crippen molar-refractivity contribution < 1.29 is 14.3 Å². The first-order valence-corrected chi connectivity index (χ1v) is 6.92. The highest BCUT2D eigenvalue weighted by Gasteiger charge is 2.32. The lowest BCUT2D eigenvalue weighted by Gasteiger charge is -2.21. The van der Waals surface area contributed by atoms with E-state index < -0.39 is 0 Å². The van der Waals surface area contributed by atoms with Gasteiger partial charge in [-0.05, 0) is 40.0 Å². The molecule has 1 aliphatic carbocycles. The number of hydrogen-bond acceptors (Lipinski definition) is 3. The number of hydrogen-bond donors (Lipinski definition) is 0. The fraction of sp³-hybridized carbons (Fsp3) is 0.471. The number of rotatable bonds is 6. The Balaban J connectivity index is 3.17. The Bertz CT molecular complexity index is 500. The molecule has 0 amide bonds. The van der Waals surface area contributed by atoms with Gasteiger partial charge >= 0.3 is 0 Å². The van der Waals surface area contributed by atoms with E-state index >= 15 is 0 Å². The molecule has 0 aromatic rings. The molecule has 0 saturated heterocycles. The van der Waals surface area contributed by atoms with E-state index in [9.17, 15) is 9.59 Å². The third-order valence-electron chi connectivity index (χ3n) is 3.43. The van der Waals surface area contributed by atoms with Crippen molar-refractivity contribution in [2.75, 3.05) is 7.11 Å². The predicted octanol–water partition coefficient (Wildman–Crippen LogP) is 3.59. The van der Waals surface area contributed by atoms with E-state index in [0.717, 1.165) is 12.8 Å². The molecule has 0 aliphatic heterocycles. The molecule has 108 valence electrons. The van der Waals surface area contributed by atoms with E-state index in [2.05, 4.69) is 0 Å². The number of allylic oxidation sites excluding steroid dienone is 5. The van der Waals surface area contributed by atoms with Crippen LogP contribution in [0.25, 0.3) is 0 Å². The number of methoxy groups -OCH3 is 1. The van der Waals surface area contributed by atoms with Gasteiger partial charge in [0.2, 0.25) is 5.78 Å². The van der Waals surface area contributed by atoms with Gasteiger partial charge in [-0.1, -0.05) is 25.0 Å². The van der Waals surface area contributed by atoms with Crippen molar-refractivity contribution in [3.05, 3.63) is 41.1 Å². The molecule has 0 saturated carbocycles. The molecule has 0 bridgehead atoms. The van der Waals surface area contributed by atoms with Crippen molar-refractivity contribution in [3.63, 3.8) is 0 Å². The SMILES string of the molecule is [CH]/C(C)=C/CC1=C(C)C(=O)C(OC)=C(CCCC)C1=O. The topological polar surface area (TPSA) is 43.4 Å². The van der Waals surface area contributed by atoms with Crippen molar-refractivity contribution in [2.45, 2.75) is 46.5 Å². The summed E-state index contributed by atoms with van der Waals surface area (Å²) in [4.78, 5) is 24.8. The first-order chi connectivity index (χ1) is 9.43. The molecule has 0 aromatic heterocycles. The van der Waals surface area contributed by atoms with E-state index in [1.807, 2.05) is 6.92 Å². The Labute approximate surface area is 121 Å². The zero-order valence-electron chi connectivity index (χ0n) is 12.7. The largest absolute Gasteiger partial charge is 0.492 e. The van der Waals surface area contributed by atoms with Crippen LogP contribution in [0.2, 0.25) is 0 Å². The van der Waals surface area contributed by atoms with Crippen LogP contribution in [0.1, 0.15) is 46.5 Å².